The maximum Gasteiger partial charge on any atom is 0.338 e. The molecule has 0 N–H and O–H groups in total. The molecule has 88 valence electrons. The monoisotopic (exact) mass is 220 g/mol. The van der Waals surface area contributed by atoms with Crippen molar-refractivity contribution < 1.29 is 9.53 Å². The quantitative estimate of drug-likeness (QED) is 0.706. The summed E-state index contributed by atoms with van der Waals surface area (Å²) in [7, 11) is 0. The van der Waals surface area contributed by atoms with Gasteiger partial charge >= 0.3 is 5.97 Å². The van der Waals surface area contributed by atoms with Gasteiger partial charge in [-0.3, -0.25) is 0 Å². The number of hydrogen-bond donors (Lipinski definition) is 0. The Morgan fingerprint density at radius 2 is 1.69 bits per heavy atom. The highest BCUT2D eigenvalue weighted by atomic mass is 16.5. The lowest BCUT2D eigenvalue weighted by molar-refractivity contribution is 0.0526. The molecule has 0 saturated carbocycles. The zero-order chi connectivity index (χ0) is 12.0. The van der Waals surface area contributed by atoms with Gasteiger partial charge in [-0.05, 0) is 43.4 Å². The third-order valence-electron chi connectivity index (χ3n) is 2.88. The molecule has 0 heterocycles. The van der Waals surface area contributed by atoms with Crippen molar-refractivity contribution in [3.63, 3.8) is 0 Å². The Morgan fingerprint density at radius 1 is 1.12 bits per heavy atom. The summed E-state index contributed by atoms with van der Waals surface area (Å²) in [6.07, 6.45) is 2.27. The van der Waals surface area contributed by atoms with Gasteiger partial charge in [-0.1, -0.05) is 26.0 Å². The van der Waals surface area contributed by atoms with Gasteiger partial charge in [0.25, 0.3) is 0 Å². The molecule has 1 rings (SSSR count). The van der Waals surface area contributed by atoms with Crippen molar-refractivity contribution in [2.45, 2.75) is 39.5 Å². The second-order valence-electron chi connectivity index (χ2n) is 3.86. The molecule has 0 radical (unpaired) electrons. The van der Waals surface area contributed by atoms with E-state index < -0.39 is 0 Å². The smallest absolute Gasteiger partial charge is 0.338 e. The van der Waals surface area contributed by atoms with E-state index in [1.54, 1.807) is 0 Å². The normalized spacial score (nSPS) is 10.5. The standard InChI is InChI=1S/C14H20O2/c1-4-11(5-2)12-7-9-13(10-8-12)14(15)16-6-3/h7-11H,4-6H2,1-3H3. The minimum Gasteiger partial charge on any atom is -0.462 e. The minimum atomic E-state index is -0.237. The Kier molecular flexibility index (Phi) is 5.03. The summed E-state index contributed by atoms with van der Waals surface area (Å²) in [4.78, 5) is 11.4. The lowest BCUT2D eigenvalue weighted by atomic mass is 9.93. The largest absolute Gasteiger partial charge is 0.462 e. The van der Waals surface area contributed by atoms with Crippen LogP contribution in [-0.4, -0.2) is 12.6 Å². The van der Waals surface area contributed by atoms with Crippen LogP contribution in [0.2, 0.25) is 0 Å². The number of carbonyl (C=O) groups excluding carboxylic acids is 1. The zero-order valence-corrected chi connectivity index (χ0v) is 10.3. The predicted octanol–water partition coefficient (Wildman–Crippen LogP) is 3.77. The van der Waals surface area contributed by atoms with Crippen LogP contribution in [-0.2, 0) is 4.74 Å². The van der Waals surface area contributed by atoms with Gasteiger partial charge in [0, 0.05) is 0 Å². The lowest BCUT2D eigenvalue weighted by Crippen LogP contribution is -2.05. The number of hydrogen-bond acceptors (Lipinski definition) is 2. The molecule has 0 aliphatic carbocycles. The second-order valence-corrected chi connectivity index (χ2v) is 3.86. The van der Waals surface area contributed by atoms with Crippen molar-refractivity contribution in [1.29, 1.82) is 0 Å². The Labute approximate surface area is 97.6 Å². The molecule has 0 aliphatic heterocycles. The highest BCUT2D eigenvalue weighted by Gasteiger charge is 2.09. The van der Waals surface area contributed by atoms with Crippen LogP contribution in [0.15, 0.2) is 24.3 Å². The van der Waals surface area contributed by atoms with Gasteiger partial charge in [0.2, 0.25) is 0 Å². The van der Waals surface area contributed by atoms with Crippen LogP contribution in [0.3, 0.4) is 0 Å². The van der Waals surface area contributed by atoms with Crippen LogP contribution in [0, 0.1) is 0 Å². The van der Waals surface area contributed by atoms with Crippen molar-refractivity contribution in [3.8, 4) is 0 Å². The van der Waals surface area contributed by atoms with E-state index in [1.807, 2.05) is 31.2 Å². The van der Waals surface area contributed by atoms with Gasteiger partial charge in [0.1, 0.15) is 0 Å². The van der Waals surface area contributed by atoms with Gasteiger partial charge in [-0.15, -0.1) is 0 Å². The molecular weight excluding hydrogens is 200 g/mol. The van der Waals surface area contributed by atoms with E-state index in [1.165, 1.54) is 5.56 Å². The highest BCUT2D eigenvalue weighted by molar-refractivity contribution is 5.89. The Hall–Kier alpha value is -1.31. The molecule has 0 spiro atoms. The van der Waals surface area contributed by atoms with Gasteiger partial charge in [0.05, 0.1) is 12.2 Å². The van der Waals surface area contributed by atoms with Crippen molar-refractivity contribution in [2.24, 2.45) is 0 Å². The van der Waals surface area contributed by atoms with Crippen LogP contribution in [0.5, 0.6) is 0 Å². The maximum absolute atomic E-state index is 11.4. The van der Waals surface area contributed by atoms with Crippen molar-refractivity contribution >= 4 is 5.97 Å². The van der Waals surface area contributed by atoms with Crippen LogP contribution in [0.4, 0.5) is 0 Å². The van der Waals surface area contributed by atoms with Crippen LogP contribution in [0.25, 0.3) is 0 Å². The lowest BCUT2D eigenvalue weighted by Gasteiger charge is -2.12. The van der Waals surface area contributed by atoms with Crippen LogP contribution in [0.1, 0.15) is 55.5 Å². The van der Waals surface area contributed by atoms with E-state index in [0.29, 0.717) is 18.1 Å². The third kappa shape index (κ3) is 3.09. The number of carbonyl (C=O) groups is 1. The minimum absolute atomic E-state index is 0.237. The van der Waals surface area contributed by atoms with E-state index in [-0.39, 0.29) is 5.97 Å². The third-order valence-corrected chi connectivity index (χ3v) is 2.88. The average Bonchev–Trinajstić information content (AvgIpc) is 2.32. The summed E-state index contributed by atoms with van der Waals surface area (Å²) in [5.74, 6) is 0.356. The van der Waals surface area contributed by atoms with Crippen molar-refractivity contribution in [3.05, 3.63) is 35.4 Å². The first-order valence-electron chi connectivity index (χ1n) is 5.99. The number of esters is 1. The first-order valence-corrected chi connectivity index (χ1v) is 5.99. The zero-order valence-electron chi connectivity index (χ0n) is 10.3. The Morgan fingerprint density at radius 3 is 2.12 bits per heavy atom. The van der Waals surface area contributed by atoms with Crippen LogP contribution >= 0.6 is 0 Å². The topological polar surface area (TPSA) is 26.3 Å². The number of rotatable bonds is 5. The molecule has 1 aromatic carbocycles. The Balaban J connectivity index is 2.78. The average molecular weight is 220 g/mol. The summed E-state index contributed by atoms with van der Waals surface area (Å²) in [6, 6.07) is 7.77. The molecule has 0 fully saturated rings. The highest BCUT2D eigenvalue weighted by Crippen LogP contribution is 2.23. The Bertz CT molecular complexity index is 323. The fourth-order valence-electron chi connectivity index (χ4n) is 1.87. The maximum atomic E-state index is 11.4. The van der Waals surface area contributed by atoms with Crippen molar-refractivity contribution in [1.82, 2.24) is 0 Å². The van der Waals surface area contributed by atoms with Crippen molar-refractivity contribution in [2.75, 3.05) is 6.61 Å². The summed E-state index contributed by atoms with van der Waals surface area (Å²) < 4.78 is 4.94. The van der Waals surface area contributed by atoms with E-state index in [4.69, 9.17) is 4.74 Å². The summed E-state index contributed by atoms with van der Waals surface area (Å²) in [5.41, 5.74) is 1.94. The first kappa shape index (κ1) is 12.8. The molecule has 0 aromatic heterocycles. The summed E-state index contributed by atoms with van der Waals surface area (Å²) in [5, 5.41) is 0. The number of ether oxygens (including phenoxy) is 1. The molecule has 1 aromatic rings. The molecule has 0 unspecified atom stereocenters. The molecule has 0 amide bonds. The molecule has 2 heteroatoms. The molecule has 0 aliphatic rings. The fourth-order valence-corrected chi connectivity index (χ4v) is 1.87. The molecule has 0 atom stereocenters. The molecule has 0 bridgehead atoms. The second kappa shape index (κ2) is 6.31. The summed E-state index contributed by atoms with van der Waals surface area (Å²) >= 11 is 0. The predicted molar refractivity (Wildman–Crippen MR) is 65.7 cm³/mol. The van der Waals surface area contributed by atoms with E-state index >= 15 is 0 Å². The molecular formula is C14H20O2. The molecule has 2 nitrogen and oxygen atoms in total. The van der Waals surface area contributed by atoms with E-state index in [0.717, 1.165) is 12.8 Å². The SMILES string of the molecule is CCOC(=O)c1ccc(C(CC)CC)cc1. The summed E-state index contributed by atoms with van der Waals surface area (Å²) in [6.45, 7) is 6.62. The van der Waals surface area contributed by atoms with E-state index in [2.05, 4.69) is 13.8 Å². The van der Waals surface area contributed by atoms with Gasteiger partial charge in [0.15, 0.2) is 0 Å². The van der Waals surface area contributed by atoms with E-state index in [9.17, 15) is 4.79 Å². The first-order chi connectivity index (χ1) is 7.72. The molecule has 0 saturated heterocycles. The van der Waals surface area contributed by atoms with Gasteiger partial charge in [-0.25, -0.2) is 4.79 Å². The van der Waals surface area contributed by atoms with Gasteiger partial charge in [-0.2, -0.15) is 0 Å². The number of benzene rings is 1. The van der Waals surface area contributed by atoms with Crippen LogP contribution < -0.4 is 0 Å². The molecule has 16 heavy (non-hydrogen) atoms. The fraction of sp³-hybridized carbons (Fsp3) is 0.500. The van der Waals surface area contributed by atoms with Gasteiger partial charge < -0.3 is 4.74 Å².